The van der Waals surface area contributed by atoms with Crippen LogP contribution in [0.25, 0.3) is 11.3 Å². The van der Waals surface area contributed by atoms with Gasteiger partial charge in [0.1, 0.15) is 5.82 Å². The SMILES string of the molecule is Oc1cc(Nc2cccc(-c3cccc(O)c3F)n2)ccc1F. The molecule has 2 aromatic carbocycles. The Bertz CT molecular complexity index is 869. The highest BCUT2D eigenvalue weighted by atomic mass is 19.1. The molecule has 3 rings (SSSR count). The van der Waals surface area contributed by atoms with Gasteiger partial charge in [-0.25, -0.2) is 13.8 Å². The predicted octanol–water partition coefficient (Wildman–Crippen LogP) is 4.18. The van der Waals surface area contributed by atoms with E-state index in [4.69, 9.17) is 0 Å². The molecule has 0 fully saturated rings. The number of pyridine rings is 1. The molecule has 23 heavy (non-hydrogen) atoms. The summed E-state index contributed by atoms with van der Waals surface area (Å²) in [7, 11) is 0. The second-order valence-electron chi connectivity index (χ2n) is 4.84. The third kappa shape index (κ3) is 3.06. The van der Waals surface area contributed by atoms with Crippen LogP contribution < -0.4 is 5.32 Å². The van der Waals surface area contributed by atoms with Crippen LogP contribution in [0.4, 0.5) is 20.3 Å². The van der Waals surface area contributed by atoms with E-state index in [1.165, 1.54) is 30.3 Å². The van der Waals surface area contributed by atoms with Crippen molar-refractivity contribution in [2.75, 3.05) is 5.32 Å². The minimum absolute atomic E-state index is 0.163. The van der Waals surface area contributed by atoms with E-state index >= 15 is 0 Å². The van der Waals surface area contributed by atoms with E-state index in [0.717, 1.165) is 6.07 Å². The van der Waals surface area contributed by atoms with Crippen LogP contribution in [0.2, 0.25) is 0 Å². The van der Waals surface area contributed by atoms with Gasteiger partial charge in [0, 0.05) is 17.3 Å². The van der Waals surface area contributed by atoms with E-state index in [1.54, 1.807) is 18.2 Å². The van der Waals surface area contributed by atoms with Gasteiger partial charge in [-0.1, -0.05) is 12.1 Å². The molecule has 4 nitrogen and oxygen atoms in total. The minimum Gasteiger partial charge on any atom is -0.505 e. The molecule has 0 radical (unpaired) electrons. The van der Waals surface area contributed by atoms with Crippen LogP contribution in [0.3, 0.4) is 0 Å². The van der Waals surface area contributed by atoms with Gasteiger partial charge in [0.05, 0.1) is 5.69 Å². The van der Waals surface area contributed by atoms with E-state index in [1.807, 2.05) is 0 Å². The zero-order chi connectivity index (χ0) is 16.4. The Morgan fingerprint density at radius 3 is 2.43 bits per heavy atom. The quantitative estimate of drug-likeness (QED) is 0.678. The van der Waals surface area contributed by atoms with E-state index in [0.29, 0.717) is 17.2 Å². The van der Waals surface area contributed by atoms with Gasteiger partial charge in [-0.15, -0.1) is 0 Å². The fourth-order valence-electron chi connectivity index (χ4n) is 2.11. The van der Waals surface area contributed by atoms with Gasteiger partial charge in [-0.2, -0.15) is 0 Å². The van der Waals surface area contributed by atoms with Crippen molar-refractivity contribution in [3.63, 3.8) is 0 Å². The molecule has 6 heteroatoms. The summed E-state index contributed by atoms with van der Waals surface area (Å²) >= 11 is 0. The predicted molar refractivity (Wildman–Crippen MR) is 82.6 cm³/mol. The molecule has 0 aliphatic heterocycles. The normalized spacial score (nSPS) is 10.5. The molecule has 1 heterocycles. The standard InChI is InChI=1S/C17H12F2N2O2/c18-12-8-7-10(9-15(12)23)20-16-6-2-4-13(21-16)11-3-1-5-14(22)17(11)19/h1-9,22-23H,(H,20,21). The largest absolute Gasteiger partial charge is 0.505 e. The Kier molecular flexibility index (Phi) is 3.80. The number of hydrogen-bond acceptors (Lipinski definition) is 4. The van der Waals surface area contributed by atoms with Gasteiger partial charge in [-0.3, -0.25) is 0 Å². The Morgan fingerprint density at radius 1 is 0.870 bits per heavy atom. The van der Waals surface area contributed by atoms with Crippen molar-refractivity contribution in [3.8, 4) is 22.8 Å². The lowest BCUT2D eigenvalue weighted by Gasteiger charge is -2.09. The van der Waals surface area contributed by atoms with Gasteiger partial charge in [0.2, 0.25) is 0 Å². The molecule has 1 aromatic heterocycles. The van der Waals surface area contributed by atoms with Crippen LogP contribution in [0.15, 0.2) is 54.6 Å². The summed E-state index contributed by atoms with van der Waals surface area (Å²) in [5, 5.41) is 21.7. The number of hydrogen-bond donors (Lipinski definition) is 3. The highest BCUT2D eigenvalue weighted by Gasteiger charge is 2.11. The molecule has 0 aliphatic rings. The number of halogens is 2. The Morgan fingerprint density at radius 2 is 1.65 bits per heavy atom. The monoisotopic (exact) mass is 314 g/mol. The van der Waals surface area contributed by atoms with E-state index < -0.39 is 23.1 Å². The lowest BCUT2D eigenvalue weighted by atomic mass is 10.1. The zero-order valence-corrected chi connectivity index (χ0v) is 11.8. The fraction of sp³-hybridized carbons (Fsp3) is 0. The molecule has 3 N–H and O–H groups in total. The van der Waals surface area contributed by atoms with Gasteiger partial charge < -0.3 is 15.5 Å². The van der Waals surface area contributed by atoms with Crippen LogP contribution in [0.5, 0.6) is 11.5 Å². The van der Waals surface area contributed by atoms with Crippen molar-refractivity contribution >= 4 is 11.5 Å². The molecule has 0 saturated heterocycles. The summed E-state index contributed by atoms with van der Waals surface area (Å²) in [6.07, 6.45) is 0. The van der Waals surface area contributed by atoms with Crippen molar-refractivity contribution in [1.82, 2.24) is 4.98 Å². The molecular formula is C17H12F2N2O2. The Labute approximate surface area is 130 Å². The lowest BCUT2D eigenvalue weighted by molar-refractivity contribution is 0.433. The summed E-state index contributed by atoms with van der Waals surface area (Å²) in [5.74, 6) is -2.02. The summed E-state index contributed by atoms with van der Waals surface area (Å²) < 4.78 is 27.0. The van der Waals surface area contributed by atoms with Crippen LogP contribution in [0.1, 0.15) is 0 Å². The van der Waals surface area contributed by atoms with Gasteiger partial charge in [0.25, 0.3) is 0 Å². The van der Waals surface area contributed by atoms with Crippen LogP contribution in [-0.2, 0) is 0 Å². The van der Waals surface area contributed by atoms with Crippen molar-refractivity contribution < 1.29 is 19.0 Å². The summed E-state index contributed by atoms with van der Waals surface area (Å²) in [5.41, 5.74) is 0.926. The number of phenols is 2. The molecule has 0 saturated carbocycles. The maximum absolute atomic E-state index is 14.0. The number of anilines is 2. The van der Waals surface area contributed by atoms with Crippen LogP contribution >= 0.6 is 0 Å². The summed E-state index contributed by atoms with van der Waals surface area (Å²) in [6, 6.07) is 13.0. The number of aromatic nitrogens is 1. The second kappa shape index (κ2) is 5.92. The zero-order valence-electron chi connectivity index (χ0n) is 11.8. The molecule has 0 atom stereocenters. The molecule has 0 amide bonds. The molecule has 0 aliphatic carbocycles. The first kappa shape index (κ1) is 14.8. The topological polar surface area (TPSA) is 65.4 Å². The Balaban J connectivity index is 1.93. The minimum atomic E-state index is -0.753. The maximum atomic E-state index is 14.0. The summed E-state index contributed by atoms with van der Waals surface area (Å²) in [4.78, 5) is 4.25. The van der Waals surface area contributed by atoms with Gasteiger partial charge in [-0.05, 0) is 36.4 Å². The average molecular weight is 314 g/mol. The molecule has 0 unspecified atom stereocenters. The number of phenolic OH excluding ortho intramolecular Hbond substituents is 2. The molecule has 0 spiro atoms. The van der Waals surface area contributed by atoms with Crippen molar-refractivity contribution in [2.24, 2.45) is 0 Å². The molecule has 3 aromatic rings. The number of rotatable bonds is 3. The summed E-state index contributed by atoms with van der Waals surface area (Å²) in [6.45, 7) is 0. The lowest BCUT2D eigenvalue weighted by Crippen LogP contribution is -1.96. The highest BCUT2D eigenvalue weighted by Crippen LogP contribution is 2.28. The molecular weight excluding hydrogens is 302 g/mol. The van der Waals surface area contributed by atoms with E-state index in [-0.39, 0.29) is 5.56 Å². The van der Waals surface area contributed by atoms with Crippen molar-refractivity contribution in [2.45, 2.75) is 0 Å². The van der Waals surface area contributed by atoms with Crippen molar-refractivity contribution in [3.05, 3.63) is 66.2 Å². The number of aromatic hydroxyl groups is 2. The average Bonchev–Trinajstić information content (AvgIpc) is 2.54. The first-order chi connectivity index (χ1) is 11.0. The smallest absolute Gasteiger partial charge is 0.174 e. The third-order valence-electron chi connectivity index (χ3n) is 3.22. The number of nitrogens with one attached hydrogen (secondary N) is 1. The third-order valence-corrected chi connectivity index (χ3v) is 3.22. The molecule has 0 bridgehead atoms. The van der Waals surface area contributed by atoms with Crippen molar-refractivity contribution in [1.29, 1.82) is 0 Å². The van der Waals surface area contributed by atoms with Gasteiger partial charge in [0.15, 0.2) is 23.1 Å². The van der Waals surface area contributed by atoms with E-state index in [9.17, 15) is 19.0 Å². The van der Waals surface area contributed by atoms with Gasteiger partial charge >= 0.3 is 0 Å². The van der Waals surface area contributed by atoms with Crippen LogP contribution in [-0.4, -0.2) is 15.2 Å². The Hall–Kier alpha value is -3.15. The second-order valence-corrected chi connectivity index (χ2v) is 4.84. The van der Waals surface area contributed by atoms with E-state index in [2.05, 4.69) is 10.3 Å². The maximum Gasteiger partial charge on any atom is 0.174 e. The highest BCUT2D eigenvalue weighted by molar-refractivity contribution is 5.66. The number of benzene rings is 2. The first-order valence-electron chi connectivity index (χ1n) is 6.75. The molecule has 116 valence electrons. The number of nitrogens with zero attached hydrogens (tertiary/aromatic N) is 1. The van der Waals surface area contributed by atoms with Crippen LogP contribution in [0, 0.1) is 11.6 Å². The fourth-order valence-corrected chi connectivity index (χ4v) is 2.11. The first-order valence-corrected chi connectivity index (χ1v) is 6.75.